The molecule has 180 valence electrons. The molecule has 2 N–H and O–H groups in total. The number of nitrogens with one attached hydrogen (secondary N) is 1. The highest BCUT2D eigenvalue weighted by atomic mass is 19.1. The van der Waals surface area contributed by atoms with Crippen molar-refractivity contribution in [2.24, 2.45) is 0 Å². The minimum absolute atomic E-state index is 0.142. The molecule has 6 nitrogen and oxygen atoms in total. The monoisotopic (exact) mass is 475 g/mol. The first-order valence-electron chi connectivity index (χ1n) is 11.7. The summed E-state index contributed by atoms with van der Waals surface area (Å²) in [4.78, 5) is 13.8. The van der Waals surface area contributed by atoms with Crippen molar-refractivity contribution in [1.82, 2.24) is 19.5 Å². The zero-order valence-electron chi connectivity index (χ0n) is 19.7. The van der Waals surface area contributed by atoms with Crippen LogP contribution in [0.3, 0.4) is 0 Å². The maximum Gasteiger partial charge on any atom is 0.227 e. The van der Waals surface area contributed by atoms with Crippen LogP contribution in [0.2, 0.25) is 0 Å². The molecule has 0 atom stereocenters. The third-order valence-corrected chi connectivity index (χ3v) is 6.75. The van der Waals surface area contributed by atoms with Crippen LogP contribution in [0.1, 0.15) is 44.2 Å². The van der Waals surface area contributed by atoms with E-state index in [4.69, 9.17) is 9.97 Å². The summed E-state index contributed by atoms with van der Waals surface area (Å²) in [6.45, 7) is 3.57. The molecule has 0 unspecified atom stereocenters. The van der Waals surface area contributed by atoms with Gasteiger partial charge in [-0.2, -0.15) is 0 Å². The predicted molar refractivity (Wildman–Crippen MR) is 131 cm³/mol. The van der Waals surface area contributed by atoms with Crippen LogP contribution in [-0.4, -0.2) is 30.2 Å². The second kappa shape index (κ2) is 9.19. The minimum Gasteiger partial charge on any atom is -0.390 e. The molecule has 5 rings (SSSR count). The van der Waals surface area contributed by atoms with Gasteiger partial charge in [0.1, 0.15) is 11.6 Å². The number of halogens is 2. The Morgan fingerprint density at radius 2 is 1.77 bits per heavy atom. The first-order chi connectivity index (χ1) is 16.8. The third kappa shape index (κ3) is 4.79. The maximum atomic E-state index is 14.0. The zero-order chi connectivity index (χ0) is 24.6. The number of aliphatic hydroxyl groups is 1. The molecule has 1 saturated carbocycles. The lowest BCUT2D eigenvalue weighted by molar-refractivity contribution is 0.0101. The van der Waals surface area contributed by atoms with Crippen LogP contribution in [0.25, 0.3) is 22.6 Å². The molecule has 0 aliphatic heterocycles. The van der Waals surface area contributed by atoms with E-state index in [2.05, 4.69) is 14.9 Å². The van der Waals surface area contributed by atoms with E-state index >= 15 is 0 Å². The molecular weight excluding hydrogens is 448 g/mol. The largest absolute Gasteiger partial charge is 0.390 e. The van der Waals surface area contributed by atoms with Crippen LogP contribution < -0.4 is 5.32 Å². The van der Waals surface area contributed by atoms with Crippen molar-refractivity contribution in [2.45, 2.75) is 51.2 Å². The molecule has 0 amide bonds. The van der Waals surface area contributed by atoms with Gasteiger partial charge in [0.2, 0.25) is 5.95 Å². The lowest BCUT2D eigenvalue weighted by atomic mass is 9.83. The Morgan fingerprint density at radius 1 is 1.03 bits per heavy atom. The number of benzene rings is 2. The van der Waals surface area contributed by atoms with Crippen molar-refractivity contribution in [2.75, 3.05) is 5.32 Å². The van der Waals surface area contributed by atoms with Gasteiger partial charge in [0.15, 0.2) is 0 Å². The van der Waals surface area contributed by atoms with Crippen molar-refractivity contribution in [1.29, 1.82) is 0 Å². The summed E-state index contributed by atoms with van der Waals surface area (Å²) < 4.78 is 29.7. The first kappa shape index (κ1) is 23.1. The molecule has 1 aliphatic rings. The van der Waals surface area contributed by atoms with Crippen molar-refractivity contribution < 1.29 is 13.9 Å². The van der Waals surface area contributed by atoms with Gasteiger partial charge in [-0.15, -0.1) is 0 Å². The van der Waals surface area contributed by atoms with Gasteiger partial charge in [0.25, 0.3) is 0 Å². The number of nitrogens with zero attached hydrogens (tertiary/aromatic N) is 4. The van der Waals surface area contributed by atoms with E-state index in [1.54, 1.807) is 43.7 Å². The molecule has 35 heavy (non-hydrogen) atoms. The van der Waals surface area contributed by atoms with Crippen LogP contribution in [0.15, 0.2) is 61.1 Å². The molecular formula is C27H27F2N5O. The van der Waals surface area contributed by atoms with Gasteiger partial charge in [-0.05, 0) is 82.0 Å². The van der Waals surface area contributed by atoms with E-state index in [-0.39, 0.29) is 17.7 Å². The summed E-state index contributed by atoms with van der Waals surface area (Å²) in [5.74, 6) is -0.292. The summed E-state index contributed by atoms with van der Waals surface area (Å²) in [5, 5.41) is 13.6. The highest BCUT2D eigenvalue weighted by Crippen LogP contribution is 2.40. The van der Waals surface area contributed by atoms with Gasteiger partial charge < -0.3 is 15.0 Å². The number of anilines is 2. The Morgan fingerprint density at radius 3 is 2.51 bits per heavy atom. The van der Waals surface area contributed by atoms with Crippen LogP contribution in [-0.2, 0) is 0 Å². The Kier molecular flexibility index (Phi) is 6.06. The van der Waals surface area contributed by atoms with E-state index in [1.165, 1.54) is 18.2 Å². The van der Waals surface area contributed by atoms with Gasteiger partial charge in [0.05, 0.1) is 29.0 Å². The summed E-state index contributed by atoms with van der Waals surface area (Å²) in [6, 6.07) is 13.0. The van der Waals surface area contributed by atoms with Crippen LogP contribution in [0.5, 0.6) is 0 Å². The molecule has 2 aromatic heterocycles. The third-order valence-electron chi connectivity index (χ3n) is 6.75. The summed E-state index contributed by atoms with van der Waals surface area (Å²) in [7, 11) is 0. The fourth-order valence-corrected chi connectivity index (χ4v) is 4.63. The fourth-order valence-electron chi connectivity index (χ4n) is 4.63. The zero-order valence-corrected chi connectivity index (χ0v) is 19.7. The molecule has 1 aliphatic carbocycles. The van der Waals surface area contributed by atoms with Crippen LogP contribution in [0.4, 0.5) is 20.4 Å². The van der Waals surface area contributed by atoms with Crippen molar-refractivity contribution in [3.8, 4) is 22.6 Å². The number of rotatable bonds is 5. The Hall–Kier alpha value is -3.65. The molecule has 0 radical (unpaired) electrons. The molecule has 1 fully saturated rings. The van der Waals surface area contributed by atoms with Gasteiger partial charge in [-0.1, -0.05) is 6.07 Å². The molecule has 0 bridgehead atoms. The van der Waals surface area contributed by atoms with E-state index in [0.717, 1.165) is 24.1 Å². The standard InChI is InChI=1S/C27H27F2N5O/c1-17-21(29)4-3-5-22(17)32-26-30-15-12-23(33-26)25-24(18-6-8-19(28)9-7-18)31-16-34(25)20-10-13-27(2,35)14-11-20/h3-9,12,15-16,20,35H,10-11,13-14H2,1-2H3,(H,30,32,33)/t20-,27+. The normalized spacial score (nSPS) is 20.1. The second-order valence-electron chi connectivity index (χ2n) is 9.39. The average molecular weight is 476 g/mol. The average Bonchev–Trinajstić information content (AvgIpc) is 3.28. The number of hydrogen-bond donors (Lipinski definition) is 2. The van der Waals surface area contributed by atoms with Gasteiger partial charge in [-0.25, -0.2) is 23.7 Å². The Balaban J connectivity index is 1.57. The molecule has 4 aromatic rings. The van der Waals surface area contributed by atoms with E-state index in [0.29, 0.717) is 41.4 Å². The van der Waals surface area contributed by atoms with Gasteiger partial charge in [0, 0.05) is 29.1 Å². The number of hydrogen-bond acceptors (Lipinski definition) is 5. The second-order valence-corrected chi connectivity index (χ2v) is 9.39. The van der Waals surface area contributed by atoms with Gasteiger partial charge >= 0.3 is 0 Å². The Labute approximate surface area is 202 Å². The molecule has 8 heteroatoms. The summed E-state index contributed by atoms with van der Waals surface area (Å²) in [5.41, 5.74) is 3.31. The quantitative estimate of drug-likeness (QED) is 0.359. The van der Waals surface area contributed by atoms with Crippen LogP contribution >= 0.6 is 0 Å². The fraction of sp³-hybridized carbons (Fsp3) is 0.296. The van der Waals surface area contributed by atoms with Gasteiger partial charge in [-0.3, -0.25) is 0 Å². The molecule has 0 saturated heterocycles. The maximum absolute atomic E-state index is 14.0. The number of aromatic nitrogens is 4. The van der Waals surface area contributed by atoms with E-state index in [9.17, 15) is 13.9 Å². The van der Waals surface area contributed by atoms with Crippen LogP contribution in [0, 0.1) is 18.6 Å². The SMILES string of the molecule is Cc1c(F)cccc1Nc1nccc(-c2c(-c3ccc(F)cc3)ncn2[C@H]2CC[C@@](C)(O)CC2)n1. The lowest BCUT2D eigenvalue weighted by Gasteiger charge is -2.34. The van der Waals surface area contributed by atoms with E-state index in [1.807, 2.05) is 13.0 Å². The first-order valence-corrected chi connectivity index (χ1v) is 11.7. The molecule has 0 spiro atoms. The van der Waals surface area contributed by atoms with Crippen molar-refractivity contribution in [3.05, 3.63) is 78.3 Å². The Bertz CT molecular complexity index is 1340. The molecule has 2 heterocycles. The topological polar surface area (TPSA) is 75.9 Å². The summed E-state index contributed by atoms with van der Waals surface area (Å²) >= 11 is 0. The summed E-state index contributed by atoms with van der Waals surface area (Å²) in [6.07, 6.45) is 6.43. The van der Waals surface area contributed by atoms with Crippen molar-refractivity contribution >= 4 is 11.6 Å². The predicted octanol–water partition coefficient (Wildman–Crippen LogP) is 6.20. The van der Waals surface area contributed by atoms with Crippen molar-refractivity contribution in [3.63, 3.8) is 0 Å². The number of imidazole rings is 1. The van der Waals surface area contributed by atoms with E-state index < -0.39 is 5.60 Å². The highest BCUT2D eigenvalue weighted by Gasteiger charge is 2.31. The smallest absolute Gasteiger partial charge is 0.227 e. The lowest BCUT2D eigenvalue weighted by Crippen LogP contribution is -2.31. The minimum atomic E-state index is -0.661. The molecule has 2 aromatic carbocycles. The highest BCUT2D eigenvalue weighted by molar-refractivity contribution is 5.77.